The van der Waals surface area contributed by atoms with E-state index in [2.05, 4.69) is 31.2 Å². The van der Waals surface area contributed by atoms with E-state index in [4.69, 9.17) is 9.15 Å². The van der Waals surface area contributed by atoms with Crippen molar-refractivity contribution in [3.8, 4) is 17.1 Å². The van der Waals surface area contributed by atoms with E-state index in [1.54, 1.807) is 31.5 Å². The predicted octanol–water partition coefficient (Wildman–Crippen LogP) is 5.42. The minimum Gasteiger partial charge on any atom is -0.496 e. The summed E-state index contributed by atoms with van der Waals surface area (Å²) < 4.78 is 24.6. The Morgan fingerprint density at radius 2 is 2.07 bits per heavy atom. The Labute approximate surface area is 184 Å². The van der Waals surface area contributed by atoms with Gasteiger partial charge in [-0.05, 0) is 65.5 Å². The SMILES string of the molecule is CC.COc1ccc(-c2ocnc2C(=O)N[C@@H](C)CCc2cncc(F)c2)cc1Br. The molecule has 1 amide bonds. The van der Waals surface area contributed by atoms with Gasteiger partial charge in [-0.3, -0.25) is 9.78 Å². The number of benzene rings is 1. The first-order valence-electron chi connectivity index (χ1n) is 9.65. The first kappa shape index (κ1) is 23.5. The van der Waals surface area contributed by atoms with Crippen molar-refractivity contribution < 1.29 is 18.3 Å². The average Bonchev–Trinajstić information content (AvgIpc) is 3.24. The maximum Gasteiger partial charge on any atom is 0.274 e. The van der Waals surface area contributed by atoms with Gasteiger partial charge in [-0.15, -0.1) is 0 Å². The van der Waals surface area contributed by atoms with E-state index in [0.717, 1.165) is 10.0 Å². The van der Waals surface area contributed by atoms with Gasteiger partial charge in [0.1, 0.15) is 11.6 Å². The summed E-state index contributed by atoms with van der Waals surface area (Å²) in [6, 6.07) is 6.68. The number of nitrogens with one attached hydrogen (secondary N) is 1. The minimum absolute atomic E-state index is 0.136. The number of aromatic nitrogens is 2. The number of hydrogen-bond donors (Lipinski definition) is 1. The van der Waals surface area contributed by atoms with Crippen LogP contribution in [0.3, 0.4) is 0 Å². The molecular weight excluding hydrogens is 453 g/mol. The maximum absolute atomic E-state index is 13.2. The fourth-order valence-corrected chi connectivity index (χ4v) is 3.30. The molecule has 0 radical (unpaired) electrons. The number of methoxy groups -OCH3 is 1. The highest BCUT2D eigenvalue weighted by molar-refractivity contribution is 9.10. The van der Waals surface area contributed by atoms with Crippen LogP contribution in [0, 0.1) is 5.82 Å². The zero-order chi connectivity index (χ0) is 22.1. The largest absolute Gasteiger partial charge is 0.496 e. The van der Waals surface area contributed by atoms with Gasteiger partial charge in [-0.1, -0.05) is 13.8 Å². The molecule has 0 unspecified atom stereocenters. The van der Waals surface area contributed by atoms with Crippen LogP contribution in [0.2, 0.25) is 0 Å². The number of oxazole rings is 1. The number of hydrogen-bond acceptors (Lipinski definition) is 5. The monoisotopic (exact) mass is 477 g/mol. The van der Waals surface area contributed by atoms with Crippen molar-refractivity contribution in [2.45, 2.75) is 39.7 Å². The lowest BCUT2D eigenvalue weighted by atomic mass is 10.1. The van der Waals surface area contributed by atoms with Gasteiger partial charge in [-0.2, -0.15) is 0 Å². The molecule has 2 aromatic heterocycles. The lowest BCUT2D eigenvalue weighted by molar-refractivity contribution is 0.0934. The molecule has 0 aliphatic heterocycles. The fourth-order valence-electron chi connectivity index (χ4n) is 2.76. The third-order valence-corrected chi connectivity index (χ3v) is 4.82. The number of halogens is 2. The number of pyridine rings is 1. The molecule has 30 heavy (non-hydrogen) atoms. The van der Waals surface area contributed by atoms with Gasteiger partial charge < -0.3 is 14.5 Å². The summed E-state index contributed by atoms with van der Waals surface area (Å²) in [6.45, 7) is 5.88. The maximum atomic E-state index is 13.2. The van der Waals surface area contributed by atoms with E-state index >= 15 is 0 Å². The molecule has 1 N–H and O–H groups in total. The Bertz CT molecular complexity index is 978. The van der Waals surface area contributed by atoms with Crippen LogP contribution in [0.1, 0.15) is 43.2 Å². The van der Waals surface area contributed by atoms with Gasteiger partial charge in [0.05, 0.1) is 17.8 Å². The summed E-state index contributed by atoms with van der Waals surface area (Å²) in [4.78, 5) is 20.5. The number of rotatable bonds is 7. The zero-order valence-corrected chi connectivity index (χ0v) is 19.0. The van der Waals surface area contributed by atoms with E-state index < -0.39 is 0 Å². The summed E-state index contributed by atoms with van der Waals surface area (Å²) in [5.74, 6) is 0.352. The van der Waals surface area contributed by atoms with Crippen molar-refractivity contribution in [3.63, 3.8) is 0 Å². The molecule has 8 heteroatoms. The number of nitrogens with zero attached hydrogens (tertiary/aromatic N) is 2. The summed E-state index contributed by atoms with van der Waals surface area (Å²) in [6.07, 6.45) is 5.26. The second-order valence-electron chi connectivity index (χ2n) is 6.30. The Balaban J connectivity index is 0.00000155. The normalized spacial score (nSPS) is 11.3. The molecule has 0 saturated heterocycles. The van der Waals surface area contributed by atoms with E-state index in [-0.39, 0.29) is 23.5 Å². The zero-order valence-electron chi connectivity index (χ0n) is 17.4. The van der Waals surface area contributed by atoms with Gasteiger partial charge in [0.25, 0.3) is 5.91 Å². The molecule has 0 saturated carbocycles. The number of carbonyl (C=O) groups excluding carboxylic acids is 1. The van der Waals surface area contributed by atoms with Crippen molar-refractivity contribution in [3.05, 3.63) is 64.6 Å². The van der Waals surface area contributed by atoms with Crippen LogP contribution in [0.5, 0.6) is 5.75 Å². The first-order valence-corrected chi connectivity index (χ1v) is 10.4. The highest BCUT2D eigenvalue weighted by atomic mass is 79.9. The molecular formula is C22H25BrFN3O3. The standard InChI is InChI=1S/C20H19BrFN3O3.C2H6/c1-12(3-4-13-7-15(22)10-23-9-13)25-20(26)18-19(28-11-24-18)14-5-6-17(27-2)16(21)8-14;1-2/h5-12H,3-4H2,1-2H3,(H,25,26);1-2H3/t12-;/m0./s1. The molecule has 3 aromatic rings. The molecule has 0 bridgehead atoms. The second kappa shape index (κ2) is 11.4. The van der Waals surface area contributed by atoms with E-state index in [1.807, 2.05) is 20.8 Å². The van der Waals surface area contributed by atoms with Gasteiger partial charge in [0.2, 0.25) is 0 Å². The van der Waals surface area contributed by atoms with Gasteiger partial charge in [0.15, 0.2) is 17.8 Å². The van der Waals surface area contributed by atoms with Crippen molar-refractivity contribution in [2.24, 2.45) is 0 Å². The van der Waals surface area contributed by atoms with Gasteiger partial charge in [0, 0.05) is 17.8 Å². The number of carbonyl (C=O) groups is 1. The summed E-state index contributed by atoms with van der Waals surface area (Å²) in [5.41, 5.74) is 1.69. The Kier molecular flexibility index (Phi) is 8.98. The topological polar surface area (TPSA) is 77.2 Å². The van der Waals surface area contributed by atoms with Crippen molar-refractivity contribution in [1.29, 1.82) is 0 Å². The first-order chi connectivity index (χ1) is 14.5. The third kappa shape index (κ3) is 6.13. The number of aryl methyl sites for hydroxylation is 1. The Hall–Kier alpha value is -2.74. The lowest BCUT2D eigenvalue weighted by Gasteiger charge is -2.13. The predicted molar refractivity (Wildman–Crippen MR) is 117 cm³/mol. The second-order valence-corrected chi connectivity index (χ2v) is 7.16. The average molecular weight is 478 g/mol. The van der Waals surface area contributed by atoms with E-state index in [1.165, 1.54) is 18.7 Å². The highest BCUT2D eigenvalue weighted by Crippen LogP contribution is 2.31. The fraction of sp³-hybridized carbons (Fsp3) is 0.318. The van der Waals surface area contributed by atoms with Crippen LogP contribution in [-0.4, -0.2) is 29.0 Å². The van der Waals surface area contributed by atoms with Crippen molar-refractivity contribution >= 4 is 21.8 Å². The van der Waals surface area contributed by atoms with Crippen LogP contribution >= 0.6 is 15.9 Å². The van der Waals surface area contributed by atoms with E-state index in [0.29, 0.717) is 29.9 Å². The van der Waals surface area contributed by atoms with Crippen LogP contribution in [0.25, 0.3) is 11.3 Å². The quantitative estimate of drug-likeness (QED) is 0.491. The Morgan fingerprint density at radius 3 is 2.73 bits per heavy atom. The van der Waals surface area contributed by atoms with E-state index in [9.17, 15) is 9.18 Å². The summed E-state index contributed by atoms with van der Waals surface area (Å²) in [5, 5.41) is 2.90. The molecule has 0 spiro atoms. The molecule has 0 aliphatic carbocycles. The molecule has 1 atom stereocenters. The van der Waals surface area contributed by atoms with Crippen molar-refractivity contribution in [1.82, 2.24) is 15.3 Å². The minimum atomic E-state index is -0.368. The lowest BCUT2D eigenvalue weighted by Crippen LogP contribution is -2.33. The molecule has 6 nitrogen and oxygen atoms in total. The number of ether oxygens (including phenoxy) is 1. The van der Waals surface area contributed by atoms with Gasteiger partial charge in [-0.25, -0.2) is 9.37 Å². The molecule has 1 aromatic carbocycles. The third-order valence-electron chi connectivity index (χ3n) is 4.20. The molecule has 2 heterocycles. The van der Waals surface area contributed by atoms with Crippen LogP contribution in [0.15, 0.2) is 51.9 Å². The van der Waals surface area contributed by atoms with Crippen molar-refractivity contribution in [2.75, 3.05) is 7.11 Å². The van der Waals surface area contributed by atoms with Crippen LogP contribution in [-0.2, 0) is 6.42 Å². The van der Waals surface area contributed by atoms with Crippen LogP contribution < -0.4 is 10.1 Å². The highest BCUT2D eigenvalue weighted by Gasteiger charge is 2.20. The Morgan fingerprint density at radius 1 is 1.30 bits per heavy atom. The smallest absolute Gasteiger partial charge is 0.274 e. The summed E-state index contributed by atoms with van der Waals surface area (Å²) in [7, 11) is 1.58. The number of amides is 1. The van der Waals surface area contributed by atoms with Gasteiger partial charge >= 0.3 is 0 Å². The molecule has 0 fully saturated rings. The molecule has 3 rings (SSSR count). The summed E-state index contributed by atoms with van der Waals surface area (Å²) >= 11 is 3.42. The van der Waals surface area contributed by atoms with Crippen LogP contribution in [0.4, 0.5) is 4.39 Å². The molecule has 160 valence electrons. The molecule has 0 aliphatic rings.